The summed E-state index contributed by atoms with van der Waals surface area (Å²) in [4.78, 5) is 22.7. The smallest absolute Gasteiger partial charge is 0.319 e. The summed E-state index contributed by atoms with van der Waals surface area (Å²) in [5.74, 6) is -2.54. The number of halogens is 1. The fourth-order valence-electron chi connectivity index (χ4n) is 1.96. The quantitative estimate of drug-likeness (QED) is 0.767. The Bertz CT molecular complexity index is 614. The van der Waals surface area contributed by atoms with Crippen LogP contribution in [0.3, 0.4) is 0 Å². The number of hydrogen-bond acceptors (Lipinski definition) is 4. The van der Waals surface area contributed by atoms with Gasteiger partial charge in [0, 0.05) is 5.69 Å². The standard InChI is InChI=1S/C13H12FN3O4/c14-10-2-1-8(3-7(10)4-15)16-13(20)17-11-6-21-5-9(11)12(18)19/h1-3,9,11H,5-6H2,(H,18,19)(H2,16,17,20). The maximum absolute atomic E-state index is 13.1. The fraction of sp³-hybridized carbons (Fsp3) is 0.308. The molecule has 3 N–H and O–H groups in total. The molecule has 0 radical (unpaired) electrons. The molecule has 7 nitrogen and oxygen atoms in total. The topological polar surface area (TPSA) is 111 Å². The van der Waals surface area contributed by atoms with Crippen LogP contribution in [0.5, 0.6) is 0 Å². The molecule has 2 amide bonds. The largest absolute Gasteiger partial charge is 0.481 e. The summed E-state index contributed by atoms with van der Waals surface area (Å²) in [6.45, 7) is 0.145. The van der Waals surface area contributed by atoms with Gasteiger partial charge in [-0.25, -0.2) is 9.18 Å². The van der Waals surface area contributed by atoms with Crippen molar-refractivity contribution in [3.8, 4) is 6.07 Å². The monoisotopic (exact) mass is 293 g/mol. The van der Waals surface area contributed by atoms with E-state index >= 15 is 0 Å². The summed E-state index contributed by atoms with van der Waals surface area (Å²) in [7, 11) is 0. The SMILES string of the molecule is N#Cc1cc(NC(=O)NC2COCC2C(=O)O)ccc1F. The van der Waals surface area contributed by atoms with Crippen molar-refractivity contribution < 1.29 is 23.8 Å². The van der Waals surface area contributed by atoms with Gasteiger partial charge in [0.15, 0.2) is 0 Å². The summed E-state index contributed by atoms with van der Waals surface area (Å²) in [6, 6.07) is 3.93. The highest BCUT2D eigenvalue weighted by Gasteiger charge is 2.35. The van der Waals surface area contributed by atoms with Gasteiger partial charge in [-0.3, -0.25) is 4.79 Å². The first kappa shape index (κ1) is 14.7. The summed E-state index contributed by atoms with van der Waals surface area (Å²) >= 11 is 0. The van der Waals surface area contributed by atoms with Crippen molar-refractivity contribution in [3.05, 3.63) is 29.6 Å². The van der Waals surface area contributed by atoms with Crippen LogP contribution in [0.25, 0.3) is 0 Å². The van der Waals surface area contributed by atoms with Crippen LogP contribution in [0.1, 0.15) is 5.56 Å². The molecule has 0 bridgehead atoms. The number of hydrogen-bond donors (Lipinski definition) is 3. The van der Waals surface area contributed by atoms with Crippen molar-refractivity contribution in [1.82, 2.24) is 5.32 Å². The Morgan fingerprint density at radius 3 is 2.86 bits per heavy atom. The van der Waals surface area contributed by atoms with E-state index in [0.29, 0.717) is 0 Å². The summed E-state index contributed by atoms with van der Waals surface area (Å²) in [5, 5.41) is 22.6. The second kappa shape index (κ2) is 6.19. The lowest BCUT2D eigenvalue weighted by Crippen LogP contribution is -2.44. The lowest BCUT2D eigenvalue weighted by atomic mass is 10.0. The Balaban J connectivity index is 1.99. The molecule has 1 aliphatic heterocycles. The van der Waals surface area contributed by atoms with Gasteiger partial charge in [0.25, 0.3) is 0 Å². The van der Waals surface area contributed by atoms with Crippen LogP contribution in [-0.4, -0.2) is 36.4 Å². The normalized spacial score (nSPS) is 20.6. The van der Waals surface area contributed by atoms with Crippen LogP contribution in [-0.2, 0) is 9.53 Å². The molecule has 110 valence electrons. The predicted molar refractivity (Wildman–Crippen MR) is 69.0 cm³/mol. The van der Waals surface area contributed by atoms with Gasteiger partial charge in [-0.15, -0.1) is 0 Å². The van der Waals surface area contributed by atoms with Crippen molar-refractivity contribution in [2.75, 3.05) is 18.5 Å². The molecule has 2 unspecified atom stereocenters. The van der Waals surface area contributed by atoms with Gasteiger partial charge in [-0.05, 0) is 18.2 Å². The molecule has 8 heteroatoms. The Morgan fingerprint density at radius 2 is 2.19 bits per heavy atom. The van der Waals surface area contributed by atoms with E-state index in [1.54, 1.807) is 6.07 Å². The van der Waals surface area contributed by atoms with E-state index in [4.69, 9.17) is 15.1 Å². The van der Waals surface area contributed by atoms with E-state index < -0.39 is 29.8 Å². The second-order valence-corrected chi connectivity index (χ2v) is 4.49. The molecular weight excluding hydrogens is 281 g/mol. The molecule has 1 aromatic carbocycles. The van der Waals surface area contributed by atoms with E-state index in [1.165, 1.54) is 12.1 Å². The summed E-state index contributed by atoms with van der Waals surface area (Å²) < 4.78 is 18.2. The minimum absolute atomic E-state index is 0.0371. The molecule has 0 aliphatic carbocycles. The van der Waals surface area contributed by atoms with Crippen molar-refractivity contribution in [1.29, 1.82) is 5.26 Å². The molecule has 1 aliphatic rings. The highest BCUT2D eigenvalue weighted by atomic mass is 19.1. The van der Waals surface area contributed by atoms with E-state index in [0.717, 1.165) is 6.07 Å². The number of nitrogens with zero attached hydrogens (tertiary/aromatic N) is 1. The predicted octanol–water partition coefficient (Wildman–Crippen LogP) is 0.918. The van der Waals surface area contributed by atoms with Crippen LogP contribution in [0, 0.1) is 23.1 Å². The van der Waals surface area contributed by atoms with Gasteiger partial charge >= 0.3 is 12.0 Å². The van der Waals surface area contributed by atoms with E-state index in [-0.39, 0.29) is 24.5 Å². The first-order chi connectivity index (χ1) is 10.0. The number of anilines is 1. The number of ether oxygens (including phenoxy) is 1. The third-order valence-electron chi connectivity index (χ3n) is 3.06. The van der Waals surface area contributed by atoms with Crippen molar-refractivity contribution in [2.45, 2.75) is 6.04 Å². The van der Waals surface area contributed by atoms with Crippen LogP contribution < -0.4 is 10.6 Å². The Morgan fingerprint density at radius 1 is 1.43 bits per heavy atom. The molecule has 0 aromatic heterocycles. The number of carboxylic acid groups (broad SMARTS) is 1. The van der Waals surface area contributed by atoms with Crippen LogP contribution in [0.2, 0.25) is 0 Å². The number of carbonyl (C=O) groups excluding carboxylic acids is 1. The molecule has 0 saturated carbocycles. The first-order valence-electron chi connectivity index (χ1n) is 6.09. The van der Waals surface area contributed by atoms with Gasteiger partial charge in [0.05, 0.1) is 24.8 Å². The number of rotatable bonds is 3. The number of amides is 2. The van der Waals surface area contributed by atoms with Crippen molar-refractivity contribution >= 4 is 17.7 Å². The third kappa shape index (κ3) is 3.46. The molecule has 2 atom stereocenters. The molecule has 2 rings (SSSR count). The Hall–Kier alpha value is -2.66. The Kier molecular flexibility index (Phi) is 4.35. The van der Waals surface area contributed by atoms with Gasteiger partial charge < -0.3 is 20.5 Å². The van der Waals surface area contributed by atoms with E-state index in [9.17, 15) is 14.0 Å². The zero-order chi connectivity index (χ0) is 15.4. The molecule has 21 heavy (non-hydrogen) atoms. The van der Waals surface area contributed by atoms with Gasteiger partial charge in [0.2, 0.25) is 0 Å². The molecule has 1 heterocycles. The van der Waals surface area contributed by atoms with E-state index in [1.807, 2.05) is 0 Å². The van der Waals surface area contributed by atoms with Crippen molar-refractivity contribution in [3.63, 3.8) is 0 Å². The second-order valence-electron chi connectivity index (χ2n) is 4.49. The number of aliphatic carboxylic acids is 1. The maximum atomic E-state index is 13.1. The lowest BCUT2D eigenvalue weighted by molar-refractivity contribution is -0.142. The van der Waals surface area contributed by atoms with E-state index in [2.05, 4.69) is 10.6 Å². The first-order valence-corrected chi connectivity index (χ1v) is 6.09. The Labute approximate surface area is 119 Å². The number of benzene rings is 1. The molecular formula is C13H12FN3O4. The maximum Gasteiger partial charge on any atom is 0.319 e. The highest BCUT2D eigenvalue weighted by molar-refractivity contribution is 5.90. The number of carboxylic acids is 1. The van der Waals surface area contributed by atoms with Crippen LogP contribution >= 0.6 is 0 Å². The lowest BCUT2D eigenvalue weighted by Gasteiger charge is -2.16. The zero-order valence-electron chi connectivity index (χ0n) is 10.8. The van der Waals surface area contributed by atoms with Gasteiger partial charge in [0.1, 0.15) is 17.8 Å². The molecule has 1 fully saturated rings. The number of carbonyl (C=O) groups is 2. The zero-order valence-corrected chi connectivity index (χ0v) is 10.8. The minimum atomic E-state index is -1.05. The third-order valence-corrected chi connectivity index (χ3v) is 3.06. The minimum Gasteiger partial charge on any atom is -0.481 e. The average molecular weight is 293 g/mol. The van der Waals surface area contributed by atoms with Crippen LogP contribution in [0.15, 0.2) is 18.2 Å². The summed E-state index contributed by atoms with van der Waals surface area (Å²) in [6.07, 6.45) is 0. The molecule has 0 spiro atoms. The summed E-state index contributed by atoms with van der Waals surface area (Å²) in [5.41, 5.74) is 0.0386. The fourth-order valence-corrected chi connectivity index (χ4v) is 1.96. The van der Waals surface area contributed by atoms with Gasteiger partial charge in [-0.1, -0.05) is 0 Å². The number of nitriles is 1. The van der Waals surface area contributed by atoms with Gasteiger partial charge in [-0.2, -0.15) is 5.26 Å². The molecule has 1 aromatic rings. The molecule has 1 saturated heterocycles. The average Bonchev–Trinajstić information content (AvgIpc) is 2.89. The van der Waals surface area contributed by atoms with Crippen LogP contribution in [0.4, 0.5) is 14.9 Å². The number of nitrogens with one attached hydrogen (secondary N) is 2. The number of urea groups is 1. The van der Waals surface area contributed by atoms with Crippen molar-refractivity contribution in [2.24, 2.45) is 5.92 Å². The highest BCUT2D eigenvalue weighted by Crippen LogP contribution is 2.16.